The fourth-order valence-corrected chi connectivity index (χ4v) is 1.08. The van der Waals surface area contributed by atoms with Crippen LogP contribution >= 0.6 is 0 Å². The van der Waals surface area contributed by atoms with Crippen LogP contribution in [0.5, 0.6) is 0 Å². The number of hydrogen-bond acceptors (Lipinski definition) is 4. The molecule has 4 nitrogen and oxygen atoms in total. The molecule has 0 heterocycles. The van der Waals surface area contributed by atoms with Gasteiger partial charge in [-0.3, -0.25) is 0 Å². The minimum Gasteiger partial charge on any atom is -0.323 e. The van der Waals surface area contributed by atoms with Crippen LogP contribution in [-0.2, 0) is 0 Å². The van der Waals surface area contributed by atoms with Crippen molar-refractivity contribution in [3.05, 3.63) is 24.8 Å². The second-order valence-corrected chi connectivity index (χ2v) is 3.16. The lowest BCUT2D eigenvalue weighted by atomic mass is 10.1. The van der Waals surface area contributed by atoms with Gasteiger partial charge >= 0.3 is 0 Å². The third-order valence-electron chi connectivity index (χ3n) is 1.90. The van der Waals surface area contributed by atoms with Gasteiger partial charge < -0.3 is 16.1 Å². The van der Waals surface area contributed by atoms with Gasteiger partial charge in [-0.2, -0.15) is 5.10 Å². The summed E-state index contributed by atoms with van der Waals surface area (Å²) in [6, 6.07) is 0. The van der Waals surface area contributed by atoms with E-state index in [2.05, 4.69) is 28.5 Å². The third kappa shape index (κ3) is 4.79. The highest BCUT2D eigenvalue weighted by atomic mass is 15.1. The summed E-state index contributed by atoms with van der Waals surface area (Å²) in [6.07, 6.45) is 1.62. The summed E-state index contributed by atoms with van der Waals surface area (Å²) >= 11 is 0. The van der Waals surface area contributed by atoms with Crippen LogP contribution in [0.3, 0.4) is 0 Å². The van der Waals surface area contributed by atoms with Crippen molar-refractivity contribution in [2.75, 3.05) is 33.7 Å². The van der Waals surface area contributed by atoms with E-state index in [1.165, 1.54) is 0 Å². The lowest BCUT2D eigenvalue weighted by Crippen LogP contribution is -2.30. The van der Waals surface area contributed by atoms with Crippen LogP contribution in [0.1, 0.15) is 0 Å². The van der Waals surface area contributed by atoms with Crippen LogP contribution in [0.4, 0.5) is 0 Å². The van der Waals surface area contributed by atoms with Gasteiger partial charge in [0.2, 0.25) is 0 Å². The number of rotatable bonds is 7. The Labute approximate surface area is 86.2 Å². The van der Waals surface area contributed by atoms with Crippen LogP contribution < -0.4 is 11.2 Å². The Hall–Kier alpha value is -1.13. The maximum absolute atomic E-state index is 5.19. The highest BCUT2D eigenvalue weighted by Gasteiger charge is 2.04. The summed E-state index contributed by atoms with van der Waals surface area (Å²) in [5, 5.41) is 6.68. The van der Waals surface area contributed by atoms with Crippen LogP contribution in [0, 0.1) is 0 Å². The first-order chi connectivity index (χ1) is 6.65. The molecule has 80 valence electrons. The molecule has 4 heteroatoms. The van der Waals surface area contributed by atoms with Crippen molar-refractivity contribution in [1.82, 2.24) is 10.2 Å². The molecule has 0 aromatic rings. The van der Waals surface area contributed by atoms with Gasteiger partial charge in [-0.15, -0.1) is 0 Å². The van der Waals surface area contributed by atoms with E-state index in [0.717, 1.165) is 25.2 Å². The predicted molar refractivity (Wildman–Crippen MR) is 62.4 cm³/mol. The topological polar surface area (TPSA) is 53.6 Å². The van der Waals surface area contributed by atoms with Gasteiger partial charge in [-0.05, 0) is 25.7 Å². The molecule has 14 heavy (non-hydrogen) atoms. The zero-order chi connectivity index (χ0) is 11.0. The van der Waals surface area contributed by atoms with Crippen molar-refractivity contribution in [1.29, 1.82) is 0 Å². The molecule has 0 spiro atoms. The number of hydrogen-bond donors (Lipinski definition) is 2. The highest BCUT2D eigenvalue weighted by Crippen LogP contribution is 1.98. The lowest BCUT2D eigenvalue weighted by Gasteiger charge is -2.17. The van der Waals surface area contributed by atoms with E-state index in [1.54, 1.807) is 6.08 Å². The van der Waals surface area contributed by atoms with Crippen LogP contribution in [0.15, 0.2) is 29.9 Å². The minimum absolute atomic E-state index is 0.668. The smallest absolute Gasteiger partial charge is 0.0859 e. The molecule has 3 N–H and O–H groups in total. The zero-order valence-electron chi connectivity index (χ0n) is 9.08. The molecule has 0 saturated heterocycles. The van der Waals surface area contributed by atoms with Crippen molar-refractivity contribution in [3.63, 3.8) is 0 Å². The largest absolute Gasteiger partial charge is 0.323 e. The Morgan fingerprint density at radius 2 is 2.29 bits per heavy atom. The van der Waals surface area contributed by atoms with Crippen molar-refractivity contribution < 1.29 is 0 Å². The predicted octanol–water partition coefficient (Wildman–Crippen LogP) is 0.195. The van der Waals surface area contributed by atoms with Gasteiger partial charge in [-0.25, -0.2) is 0 Å². The Morgan fingerprint density at radius 3 is 2.71 bits per heavy atom. The fourth-order valence-electron chi connectivity index (χ4n) is 1.08. The van der Waals surface area contributed by atoms with E-state index in [-0.39, 0.29) is 0 Å². The van der Waals surface area contributed by atoms with E-state index in [0.29, 0.717) is 5.71 Å². The molecule has 0 atom stereocenters. The molecule has 0 unspecified atom stereocenters. The van der Waals surface area contributed by atoms with Gasteiger partial charge in [0.05, 0.1) is 5.71 Å². The number of allylic oxidation sites excluding steroid dienone is 1. The summed E-state index contributed by atoms with van der Waals surface area (Å²) in [6.45, 7) is 10.2. The Balaban J connectivity index is 3.98. The molecule has 0 radical (unpaired) electrons. The van der Waals surface area contributed by atoms with Crippen LogP contribution in [0.25, 0.3) is 0 Å². The molecule has 0 aromatic carbocycles. The maximum Gasteiger partial charge on any atom is 0.0859 e. The average Bonchev–Trinajstić information content (AvgIpc) is 2.16. The molecule has 0 aliphatic heterocycles. The normalized spacial score (nSPS) is 11.8. The third-order valence-corrected chi connectivity index (χ3v) is 1.90. The highest BCUT2D eigenvalue weighted by molar-refractivity contribution is 6.07. The van der Waals surface area contributed by atoms with Gasteiger partial charge in [0.25, 0.3) is 0 Å². The molecule has 0 bridgehead atoms. The number of hydrazone groups is 1. The fraction of sp³-hybridized carbons (Fsp3) is 0.500. The van der Waals surface area contributed by atoms with Gasteiger partial charge in [-0.1, -0.05) is 13.2 Å². The van der Waals surface area contributed by atoms with Gasteiger partial charge in [0, 0.05) is 19.6 Å². The molecular formula is C10H20N4. The first-order valence-corrected chi connectivity index (χ1v) is 4.57. The number of likely N-dealkylation sites (N-methyl/N-ethyl adjacent to an activating group) is 2. The zero-order valence-corrected chi connectivity index (χ0v) is 9.08. The standard InChI is InChI=1S/C10H20N4/c1-5-10(13-11)9(2)8-14(4)7-6-12-3/h5,12H,1-2,6-8,11H2,3-4H3/b13-10-. The van der Waals surface area contributed by atoms with Crippen molar-refractivity contribution in [2.45, 2.75) is 0 Å². The van der Waals surface area contributed by atoms with Crippen LogP contribution in [0.2, 0.25) is 0 Å². The SMILES string of the molecule is C=C/C(=N/N)C(=C)CN(C)CCNC. The second-order valence-electron chi connectivity index (χ2n) is 3.16. The van der Waals surface area contributed by atoms with E-state index in [9.17, 15) is 0 Å². The molecule has 0 aliphatic rings. The second kappa shape index (κ2) is 7.29. The summed E-state index contributed by atoms with van der Waals surface area (Å²) in [7, 11) is 3.96. The summed E-state index contributed by atoms with van der Waals surface area (Å²) in [5.74, 6) is 5.19. The van der Waals surface area contributed by atoms with Crippen molar-refractivity contribution in [3.8, 4) is 0 Å². The first-order valence-electron chi connectivity index (χ1n) is 4.57. The first kappa shape index (κ1) is 12.9. The number of nitrogens with zero attached hydrogens (tertiary/aromatic N) is 2. The van der Waals surface area contributed by atoms with Crippen LogP contribution in [-0.4, -0.2) is 44.3 Å². The Morgan fingerprint density at radius 1 is 1.64 bits per heavy atom. The Kier molecular flexibility index (Phi) is 6.70. The molecular weight excluding hydrogens is 176 g/mol. The number of nitrogens with one attached hydrogen (secondary N) is 1. The molecule has 0 fully saturated rings. The summed E-state index contributed by atoms with van der Waals surface area (Å²) in [5.41, 5.74) is 1.56. The van der Waals surface area contributed by atoms with Crippen molar-refractivity contribution >= 4 is 5.71 Å². The average molecular weight is 196 g/mol. The van der Waals surface area contributed by atoms with Gasteiger partial charge in [0.1, 0.15) is 0 Å². The molecule has 0 amide bonds. The maximum atomic E-state index is 5.19. The van der Waals surface area contributed by atoms with E-state index in [4.69, 9.17) is 5.84 Å². The molecule has 0 saturated carbocycles. The molecule has 0 rings (SSSR count). The quantitative estimate of drug-likeness (QED) is 0.347. The Bertz CT molecular complexity index is 220. The monoisotopic (exact) mass is 196 g/mol. The summed E-state index contributed by atoms with van der Waals surface area (Å²) in [4.78, 5) is 2.15. The molecule has 0 aliphatic carbocycles. The van der Waals surface area contributed by atoms with Crippen molar-refractivity contribution in [2.24, 2.45) is 10.9 Å². The lowest BCUT2D eigenvalue weighted by molar-refractivity contribution is 0.367. The number of nitrogens with two attached hydrogens (primary N) is 1. The van der Waals surface area contributed by atoms with E-state index in [1.807, 2.05) is 14.1 Å². The van der Waals surface area contributed by atoms with E-state index < -0.39 is 0 Å². The minimum atomic E-state index is 0.668. The summed E-state index contributed by atoms with van der Waals surface area (Å²) < 4.78 is 0. The van der Waals surface area contributed by atoms with Gasteiger partial charge in [0.15, 0.2) is 0 Å². The van der Waals surface area contributed by atoms with E-state index >= 15 is 0 Å². The molecule has 0 aromatic heterocycles.